The van der Waals surface area contributed by atoms with Crippen molar-refractivity contribution in [3.8, 4) is 0 Å². The first-order chi connectivity index (χ1) is 9.35. The Hall–Kier alpha value is -1.47. The maximum absolute atomic E-state index is 12.9. The first-order valence-electron chi connectivity index (χ1n) is 6.16. The third-order valence-electron chi connectivity index (χ3n) is 3.53. The largest absolute Gasteiger partial charge is 0.468 e. The molecule has 1 aliphatic heterocycles. The van der Waals surface area contributed by atoms with E-state index < -0.39 is 39.0 Å². The van der Waals surface area contributed by atoms with Gasteiger partial charge in [-0.15, -0.1) is 0 Å². The highest BCUT2D eigenvalue weighted by atomic mass is 32.2. The molecule has 0 bridgehead atoms. The smallest absolute Gasteiger partial charge is 0.323 e. The fourth-order valence-corrected chi connectivity index (χ4v) is 3.96. The number of methoxy groups -OCH3 is 1. The Morgan fingerprint density at radius 1 is 1.35 bits per heavy atom. The maximum atomic E-state index is 12.9. The van der Waals surface area contributed by atoms with Crippen molar-refractivity contribution in [2.75, 3.05) is 12.9 Å². The Kier molecular flexibility index (Phi) is 4.10. The van der Waals surface area contributed by atoms with Crippen molar-refractivity contribution < 1.29 is 22.3 Å². The fourth-order valence-electron chi connectivity index (χ4n) is 2.31. The average Bonchev–Trinajstić information content (AvgIpc) is 2.42. The number of halogens is 1. The minimum Gasteiger partial charge on any atom is -0.468 e. The normalized spacial score (nSPS) is 28.9. The molecule has 20 heavy (non-hydrogen) atoms. The van der Waals surface area contributed by atoms with Crippen LogP contribution in [0.2, 0.25) is 0 Å². The van der Waals surface area contributed by atoms with Gasteiger partial charge in [0.1, 0.15) is 11.9 Å². The van der Waals surface area contributed by atoms with E-state index in [4.69, 9.17) is 0 Å². The number of carbonyl (C=O) groups excluding carboxylic acids is 1. The van der Waals surface area contributed by atoms with Crippen molar-refractivity contribution in [3.63, 3.8) is 0 Å². The first kappa shape index (κ1) is 14.9. The zero-order chi connectivity index (χ0) is 14.9. The minimum absolute atomic E-state index is 0.293. The molecule has 3 unspecified atom stereocenters. The highest BCUT2D eigenvalue weighted by Gasteiger charge is 2.42. The number of hydrogen-bond donors (Lipinski definition) is 1. The molecule has 1 aliphatic rings. The Bertz CT molecular complexity index is 599. The Morgan fingerprint density at radius 3 is 2.50 bits per heavy atom. The van der Waals surface area contributed by atoms with Gasteiger partial charge in [0.15, 0.2) is 9.84 Å². The van der Waals surface area contributed by atoms with Crippen LogP contribution in [0.5, 0.6) is 0 Å². The second-order valence-corrected chi connectivity index (χ2v) is 7.21. The molecular formula is C13H16FNO4S. The van der Waals surface area contributed by atoms with E-state index in [-0.39, 0.29) is 5.75 Å². The number of benzene rings is 1. The zero-order valence-corrected chi connectivity index (χ0v) is 12.0. The highest BCUT2D eigenvalue weighted by Crippen LogP contribution is 2.28. The van der Waals surface area contributed by atoms with Crippen LogP contribution < -0.4 is 5.32 Å². The fraction of sp³-hybridized carbons (Fsp3) is 0.462. The lowest BCUT2D eigenvalue weighted by molar-refractivity contribution is -0.142. The predicted octanol–water partition coefficient (Wildman–Crippen LogP) is 0.815. The quantitative estimate of drug-likeness (QED) is 0.819. The molecule has 1 fully saturated rings. The lowest BCUT2D eigenvalue weighted by Gasteiger charge is -2.34. The van der Waals surface area contributed by atoms with E-state index in [1.807, 2.05) is 0 Å². The molecule has 0 radical (unpaired) electrons. The molecule has 0 saturated carbocycles. The van der Waals surface area contributed by atoms with Gasteiger partial charge in [0.25, 0.3) is 0 Å². The van der Waals surface area contributed by atoms with E-state index in [2.05, 4.69) is 10.1 Å². The summed E-state index contributed by atoms with van der Waals surface area (Å²) >= 11 is 0. The lowest BCUT2D eigenvalue weighted by Crippen LogP contribution is -2.55. The van der Waals surface area contributed by atoms with Crippen LogP contribution in [0, 0.1) is 5.82 Å². The Labute approximate surface area is 117 Å². The van der Waals surface area contributed by atoms with Crippen LogP contribution in [-0.2, 0) is 19.4 Å². The van der Waals surface area contributed by atoms with Gasteiger partial charge < -0.3 is 4.74 Å². The summed E-state index contributed by atoms with van der Waals surface area (Å²) in [5.41, 5.74) is 0.621. The molecule has 0 spiro atoms. The van der Waals surface area contributed by atoms with Crippen molar-refractivity contribution >= 4 is 15.8 Å². The summed E-state index contributed by atoms with van der Waals surface area (Å²) < 4.78 is 41.8. The zero-order valence-electron chi connectivity index (χ0n) is 11.2. The lowest BCUT2D eigenvalue weighted by atomic mass is 10.0. The number of carbonyl (C=O) groups is 1. The predicted molar refractivity (Wildman–Crippen MR) is 71.3 cm³/mol. The van der Waals surface area contributed by atoms with E-state index in [0.717, 1.165) is 0 Å². The molecular weight excluding hydrogens is 285 g/mol. The summed E-state index contributed by atoms with van der Waals surface area (Å²) in [6.45, 7) is 1.57. The maximum Gasteiger partial charge on any atom is 0.323 e. The van der Waals surface area contributed by atoms with Gasteiger partial charge in [0.2, 0.25) is 0 Å². The average molecular weight is 301 g/mol. The standard InChI is InChI=1S/C13H16FNO4S/c1-8-12(9-3-5-10(14)6-4-9)15-11(13(16)19-2)7-20(8,17)18/h3-6,8,11-12,15H,7H2,1-2H3. The number of ether oxygens (including phenoxy) is 1. The summed E-state index contributed by atoms with van der Waals surface area (Å²) in [7, 11) is -2.22. The molecule has 3 atom stereocenters. The Morgan fingerprint density at radius 2 is 1.95 bits per heavy atom. The molecule has 7 heteroatoms. The summed E-state index contributed by atoms with van der Waals surface area (Å²) in [6, 6.07) is 4.07. The van der Waals surface area contributed by atoms with E-state index >= 15 is 0 Å². The Balaban J connectivity index is 2.35. The van der Waals surface area contributed by atoms with Gasteiger partial charge in [-0.3, -0.25) is 10.1 Å². The van der Waals surface area contributed by atoms with Gasteiger partial charge >= 0.3 is 5.97 Å². The molecule has 5 nitrogen and oxygen atoms in total. The van der Waals surface area contributed by atoms with Crippen molar-refractivity contribution in [3.05, 3.63) is 35.6 Å². The van der Waals surface area contributed by atoms with Crippen molar-refractivity contribution in [2.24, 2.45) is 0 Å². The van der Waals surface area contributed by atoms with Crippen LogP contribution in [-0.4, -0.2) is 38.5 Å². The molecule has 1 saturated heterocycles. The van der Waals surface area contributed by atoms with Crippen LogP contribution in [0.4, 0.5) is 4.39 Å². The first-order valence-corrected chi connectivity index (χ1v) is 7.87. The molecule has 1 N–H and O–H groups in total. The van der Waals surface area contributed by atoms with Gasteiger partial charge in [-0.25, -0.2) is 12.8 Å². The van der Waals surface area contributed by atoms with Crippen LogP contribution in [0.25, 0.3) is 0 Å². The van der Waals surface area contributed by atoms with Crippen molar-refractivity contribution in [1.29, 1.82) is 0 Å². The van der Waals surface area contributed by atoms with Crippen LogP contribution in [0.3, 0.4) is 0 Å². The SMILES string of the molecule is COC(=O)C1CS(=O)(=O)C(C)C(c2ccc(F)cc2)N1. The summed E-state index contributed by atoms with van der Waals surface area (Å²) in [5.74, 6) is -1.31. The summed E-state index contributed by atoms with van der Waals surface area (Å²) in [5, 5.41) is 2.27. The van der Waals surface area contributed by atoms with Crippen molar-refractivity contribution in [2.45, 2.75) is 24.3 Å². The molecule has 1 aromatic rings. The van der Waals surface area contributed by atoms with E-state index in [0.29, 0.717) is 5.56 Å². The van der Waals surface area contributed by atoms with E-state index in [1.54, 1.807) is 6.92 Å². The van der Waals surface area contributed by atoms with E-state index in [9.17, 15) is 17.6 Å². The molecule has 0 aromatic heterocycles. The van der Waals surface area contributed by atoms with Gasteiger partial charge in [0.05, 0.1) is 18.1 Å². The molecule has 1 aromatic carbocycles. The minimum atomic E-state index is -3.43. The second kappa shape index (κ2) is 5.49. The van der Waals surface area contributed by atoms with Crippen LogP contribution >= 0.6 is 0 Å². The summed E-state index contributed by atoms with van der Waals surface area (Å²) in [4.78, 5) is 11.6. The summed E-state index contributed by atoms with van der Waals surface area (Å²) in [6.07, 6.45) is 0. The van der Waals surface area contributed by atoms with Gasteiger partial charge in [0, 0.05) is 6.04 Å². The molecule has 0 amide bonds. The molecule has 0 aliphatic carbocycles. The van der Waals surface area contributed by atoms with Crippen molar-refractivity contribution in [1.82, 2.24) is 5.32 Å². The third-order valence-corrected chi connectivity index (χ3v) is 5.73. The third kappa shape index (κ3) is 2.83. The molecule has 2 rings (SSSR count). The topological polar surface area (TPSA) is 72.5 Å². The second-order valence-electron chi connectivity index (χ2n) is 4.81. The number of hydrogen-bond acceptors (Lipinski definition) is 5. The van der Waals surface area contributed by atoms with Gasteiger partial charge in [-0.2, -0.15) is 0 Å². The number of nitrogens with one attached hydrogen (secondary N) is 1. The highest BCUT2D eigenvalue weighted by molar-refractivity contribution is 7.92. The van der Waals surface area contributed by atoms with Gasteiger partial charge in [-0.1, -0.05) is 12.1 Å². The number of esters is 1. The van der Waals surface area contributed by atoms with Crippen LogP contribution in [0.1, 0.15) is 18.5 Å². The molecule has 1 heterocycles. The van der Waals surface area contributed by atoms with E-state index in [1.165, 1.54) is 31.4 Å². The number of sulfone groups is 1. The number of rotatable bonds is 2. The molecule has 110 valence electrons. The van der Waals surface area contributed by atoms with Gasteiger partial charge in [-0.05, 0) is 24.6 Å². The van der Waals surface area contributed by atoms with Crippen LogP contribution in [0.15, 0.2) is 24.3 Å². The monoisotopic (exact) mass is 301 g/mol.